The molecule has 6 heteroatoms. The minimum absolute atomic E-state index is 0.0130. The maximum absolute atomic E-state index is 12.4. The second kappa shape index (κ2) is 14.9. The number of thioether (sulfide) groups is 2. The number of ether oxygens (including phenoxy) is 1. The molecule has 1 aliphatic rings. The molecule has 0 radical (unpaired) electrons. The first kappa shape index (κ1) is 26.1. The molecule has 0 spiro atoms. The fourth-order valence-electron chi connectivity index (χ4n) is 3.84. The van der Waals surface area contributed by atoms with Crippen molar-refractivity contribution in [3.63, 3.8) is 0 Å². The van der Waals surface area contributed by atoms with Gasteiger partial charge in [-0.15, -0.1) is 0 Å². The number of hydrogen-bond acceptors (Lipinski definition) is 5. The average Bonchev–Trinajstić information content (AvgIpc) is 2.76. The zero-order valence-electron chi connectivity index (χ0n) is 19.3. The molecular formula is C25H40N2O2S2. The van der Waals surface area contributed by atoms with E-state index < -0.39 is 0 Å². The van der Waals surface area contributed by atoms with Crippen molar-refractivity contribution >= 4 is 46.4 Å². The van der Waals surface area contributed by atoms with E-state index in [-0.39, 0.29) is 5.91 Å². The zero-order chi connectivity index (χ0) is 22.5. The predicted molar refractivity (Wildman–Crippen MR) is 140 cm³/mol. The molecule has 1 aromatic carbocycles. The number of nitrogens with two attached hydrogens (primary N) is 1. The summed E-state index contributed by atoms with van der Waals surface area (Å²) >= 11 is 3.53. The van der Waals surface area contributed by atoms with E-state index in [9.17, 15) is 4.79 Å². The van der Waals surface area contributed by atoms with E-state index in [4.69, 9.17) is 10.5 Å². The van der Waals surface area contributed by atoms with Crippen LogP contribution in [0.25, 0.3) is 5.57 Å². The van der Waals surface area contributed by atoms with Gasteiger partial charge in [0.2, 0.25) is 5.91 Å². The van der Waals surface area contributed by atoms with Gasteiger partial charge in [-0.25, -0.2) is 0 Å². The highest BCUT2D eigenvalue weighted by Gasteiger charge is 2.13. The number of anilines is 2. The lowest BCUT2D eigenvalue weighted by molar-refractivity contribution is -0.113. The van der Waals surface area contributed by atoms with E-state index >= 15 is 0 Å². The molecule has 174 valence electrons. The first-order valence-corrected chi connectivity index (χ1v) is 14.1. The number of hydrogen-bond donors (Lipinski definition) is 2. The van der Waals surface area contributed by atoms with E-state index in [0.717, 1.165) is 36.3 Å². The van der Waals surface area contributed by atoms with Crippen LogP contribution in [-0.2, 0) is 9.53 Å². The molecular weight excluding hydrogens is 424 g/mol. The molecule has 0 saturated heterocycles. The van der Waals surface area contributed by atoms with Crippen LogP contribution < -0.4 is 11.1 Å². The van der Waals surface area contributed by atoms with Gasteiger partial charge in [0, 0.05) is 6.61 Å². The van der Waals surface area contributed by atoms with E-state index in [0.29, 0.717) is 29.1 Å². The summed E-state index contributed by atoms with van der Waals surface area (Å²) in [7, 11) is 0. The summed E-state index contributed by atoms with van der Waals surface area (Å²) in [5.41, 5.74) is 9.51. The minimum Gasteiger partial charge on any atom is -0.397 e. The van der Waals surface area contributed by atoms with Crippen LogP contribution >= 0.6 is 23.5 Å². The SMILES string of the molecule is C=C(CC(C)CCSC)c1ccc(N)c(NC(=O)CSCCCOC2CCCCC2)c1. The lowest BCUT2D eigenvalue weighted by Crippen LogP contribution is -2.18. The normalized spacial score (nSPS) is 15.5. The Balaban J connectivity index is 1.70. The standard InChI is InChI=1S/C25H40N2O2S2/c1-19(12-15-30-3)16-20(2)21-10-11-23(26)24(17-21)27-25(28)18-31-14-7-13-29-22-8-5-4-6-9-22/h10-11,17,19,22H,2,4-9,12-16,18,26H2,1,3H3,(H,27,28). The Labute approximate surface area is 197 Å². The largest absolute Gasteiger partial charge is 0.397 e. The minimum atomic E-state index is -0.0130. The van der Waals surface area contributed by atoms with Crippen molar-refractivity contribution in [1.82, 2.24) is 0 Å². The molecule has 0 bridgehead atoms. The maximum atomic E-state index is 12.4. The molecule has 4 nitrogen and oxygen atoms in total. The molecule has 0 heterocycles. The van der Waals surface area contributed by atoms with Crippen LogP contribution in [0.4, 0.5) is 11.4 Å². The van der Waals surface area contributed by atoms with Crippen LogP contribution in [0.15, 0.2) is 24.8 Å². The van der Waals surface area contributed by atoms with Gasteiger partial charge in [0.15, 0.2) is 0 Å². The van der Waals surface area contributed by atoms with Crippen molar-refractivity contribution < 1.29 is 9.53 Å². The Bertz CT molecular complexity index is 690. The van der Waals surface area contributed by atoms with Crippen LogP contribution in [0, 0.1) is 5.92 Å². The first-order chi connectivity index (χ1) is 15.0. The maximum Gasteiger partial charge on any atom is 0.234 e. The van der Waals surface area contributed by atoms with Crippen LogP contribution in [0.5, 0.6) is 0 Å². The summed E-state index contributed by atoms with van der Waals surface area (Å²) in [5, 5.41) is 2.98. The van der Waals surface area contributed by atoms with Crippen molar-refractivity contribution in [3.05, 3.63) is 30.3 Å². The Kier molecular flexibility index (Phi) is 12.5. The molecule has 1 saturated carbocycles. The molecule has 1 amide bonds. The highest BCUT2D eigenvalue weighted by atomic mass is 32.2. The summed E-state index contributed by atoms with van der Waals surface area (Å²) in [6, 6.07) is 5.81. The molecule has 1 atom stereocenters. The molecule has 2 rings (SSSR count). The van der Waals surface area contributed by atoms with E-state index in [2.05, 4.69) is 25.1 Å². The number of carbonyl (C=O) groups excluding carboxylic acids is 1. The predicted octanol–water partition coefficient (Wildman–Crippen LogP) is 6.47. The fraction of sp³-hybridized carbons (Fsp3) is 0.640. The van der Waals surface area contributed by atoms with Crippen molar-refractivity contribution in [2.45, 2.75) is 64.4 Å². The third kappa shape index (κ3) is 10.4. The van der Waals surface area contributed by atoms with Gasteiger partial charge < -0.3 is 15.8 Å². The molecule has 1 aromatic rings. The average molecular weight is 465 g/mol. The van der Waals surface area contributed by atoms with E-state index in [1.165, 1.54) is 44.3 Å². The summed E-state index contributed by atoms with van der Waals surface area (Å²) in [6.45, 7) is 7.32. The smallest absolute Gasteiger partial charge is 0.234 e. The highest BCUT2D eigenvalue weighted by Crippen LogP contribution is 2.28. The molecule has 3 N–H and O–H groups in total. The number of benzene rings is 1. The molecule has 0 aromatic heterocycles. The van der Waals surface area contributed by atoms with Crippen molar-refractivity contribution in [1.29, 1.82) is 0 Å². The lowest BCUT2D eigenvalue weighted by atomic mass is 9.94. The Morgan fingerprint density at radius 1 is 1.29 bits per heavy atom. The monoisotopic (exact) mass is 464 g/mol. The fourth-order valence-corrected chi connectivity index (χ4v) is 5.20. The molecule has 31 heavy (non-hydrogen) atoms. The van der Waals surface area contributed by atoms with Gasteiger partial charge in [-0.3, -0.25) is 4.79 Å². The highest BCUT2D eigenvalue weighted by molar-refractivity contribution is 7.99. The zero-order valence-corrected chi connectivity index (χ0v) is 20.9. The summed E-state index contributed by atoms with van der Waals surface area (Å²) < 4.78 is 5.95. The molecule has 1 aliphatic carbocycles. The van der Waals surface area contributed by atoms with Gasteiger partial charge in [0.25, 0.3) is 0 Å². The van der Waals surface area contributed by atoms with Crippen molar-refractivity contribution in [3.8, 4) is 0 Å². The number of carbonyl (C=O) groups is 1. The number of amides is 1. The van der Waals surface area contributed by atoms with Gasteiger partial charge >= 0.3 is 0 Å². The summed E-state index contributed by atoms with van der Waals surface area (Å²) in [5.74, 6) is 3.11. The Hall–Kier alpha value is -1.11. The van der Waals surface area contributed by atoms with Gasteiger partial charge in [-0.1, -0.05) is 38.8 Å². The number of nitrogen functional groups attached to an aromatic ring is 1. The Morgan fingerprint density at radius 3 is 2.81 bits per heavy atom. The molecule has 0 aliphatic heterocycles. The topological polar surface area (TPSA) is 64.3 Å². The van der Waals surface area contributed by atoms with Crippen molar-refractivity contribution in [2.24, 2.45) is 5.92 Å². The second-order valence-corrected chi connectivity index (χ2v) is 10.7. The van der Waals surface area contributed by atoms with Gasteiger partial charge in [-0.2, -0.15) is 23.5 Å². The van der Waals surface area contributed by atoms with Gasteiger partial charge in [0.1, 0.15) is 0 Å². The number of nitrogens with one attached hydrogen (secondary N) is 1. The van der Waals surface area contributed by atoms with Crippen LogP contribution in [0.2, 0.25) is 0 Å². The van der Waals surface area contributed by atoms with Gasteiger partial charge in [0.05, 0.1) is 23.2 Å². The lowest BCUT2D eigenvalue weighted by Gasteiger charge is -2.21. The summed E-state index contributed by atoms with van der Waals surface area (Å²) in [6.07, 6.45) is 12.1. The Morgan fingerprint density at radius 2 is 2.06 bits per heavy atom. The third-order valence-corrected chi connectivity index (χ3v) is 7.40. The molecule has 1 unspecified atom stereocenters. The van der Waals surface area contributed by atoms with Gasteiger partial charge in [-0.05, 0) is 79.1 Å². The van der Waals surface area contributed by atoms with Crippen molar-refractivity contribution in [2.75, 3.05) is 41.2 Å². The summed E-state index contributed by atoms with van der Waals surface area (Å²) in [4.78, 5) is 12.4. The molecule has 1 fully saturated rings. The van der Waals surface area contributed by atoms with Crippen LogP contribution in [0.3, 0.4) is 0 Å². The first-order valence-electron chi connectivity index (χ1n) is 11.6. The quantitative estimate of drug-likeness (QED) is 0.244. The van der Waals surface area contributed by atoms with E-state index in [1.807, 2.05) is 30.0 Å². The number of allylic oxidation sites excluding steroid dienone is 1. The van der Waals surface area contributed by atoms with E-state index in [1.54, 1.807) is 11.8 Å². The second-order valence-electron chi connectivity index (χ2n) is 8.58. The van der Waals surface area contributed by atoms with Crippen LogP contribution in [-0.4, -0.2) is 42.1 Å². The third-order valence-electron chi connectivity index (χ3n) is 5.72. The number of rotatable bonds is 14. The van der Waals surface area contributed by atoms with Crippen LogP contribution in [0.1, 0.15) is 63.9 Å².